The summed E-state index contributed by atoms with van der Waals surface area (Å²) in [6, 6.07) is 6.68. The maximum atomic E-state index is 2.74. The first-order chi connectivity index (χ1) is 26.4. The number of piperidine rings is 8. The molecule has 0 unspecified atom stereocenters. The molecule has 0 aromatic heterocycles. The van der Waals surface area contributed by atoms with E-state index in [0.717, 1.165) is 119 Å². The van der Waals surface area contributed by atoms with Crippen molar-refractivity contribution in [2.24, 2.45) is 71.0 Å². The summed E-state index contributed by atoms with van der Waals surface area (Å²) in [5, 5.41) is 0. The molecule has 8 bridgehead atoms. The third-order valence-electron chi connectivity index (χ3n) is 17.8. The predicted molar refractivity (Wildman–Crippen MR) is 245 cm³/mol. The van der Waals surface area contributed by atoms with E-state index >= 15 is 0 Å². The van der Waals surface area contributed by atoms with Gasteiger partial charge in [-0.25, -0.2) is 0 Å². The maximum absolute atomic E-state index is 2.74. The van der Waals surface area contributed by atoms with Crippen molar-refractivity contribution in [3.05, 3.63) is 0 Å². The lowest BCUT2D eigenvalue weighted by molar-refractivity contribution is -0.0287. The molecule has 8 aliphatic heterocycles. The molecule has 12 aliphatic rings. The van der Waals surface area contributed by atoms with Gasteiger partial charge in [0.2, 0.25) is 0 Å². The molecular formula is C52H100N4. The van der Waals surface area contributed by atoms with Crippen LogP contribution in [-0.2, 0) is 0 Å². The molecule has 56 heavy (non-hydrogen) atoms. The van der Waals surface area contributed by atoms with Gasteiger partial charge in [-0.15, -0.1) is 0 Å². The second-order valence-electron chi connectivity index (χ2n) is 23.7. The van der Waals surface area contributed by atoms with Crippen molar-refractivity contribution < 1.29 is 0 Å². The lowest BCUT2D eigenvalue weighted by atomic mass is 9.67. The van der Waals surface area contributed by atoms with Gasteiger partial charge in [-0.2, -0.15) is 0 Å². The summed E-state index contributed by atoms with van der Waals surface area (Å²) in [6.07, 6.45) is 17.7. The minimum atomic E-state index is 0.760. The Bertz CT molecular complexity index is 878. The van der Waals surface area contributed by atoms with Gasteiger partial charge < -0.3 is 0 Å². The molecule has 4 heteroatoms. The Morgan fingerprint density at radius 1 is 0.268 bits per heavy atom. The fourth-order valence-corrected chi connectivity index (χ4v) is 14.6. The van der Waals surface area contributed by atoms with Gasteiger partial charge in [0.05, 0.1) is 0 Å². The normalized spacial score (nSPS) is 38.6. The van der Waals surface area contributed by atoms with E-state index in [4.69, 9.17) is 0 Å². The van der Waals surface area contributed by atoms with E-state index in [2.05, 4.69) is 130 Å². The summed E-state index contributed by atoms with van der Waals surface area (Å²) in [6.45, 7) is 43.6. The third-order valence-corrected chi connectivity index (χ3v) is 17.8. The summed E-state index contributed by atoms with van der Waals surface area (Å²) in [5.74, 6) is 11.7. The molecule has 328 valence electrons. The first kappa shape index (κ1) is 46.9. The van der Waals surface area contributed by atoms with Crippen molar-refractivity contribution in [1.29, 1.82) is 0 Å². The van der Waals surface area contributed by atoms with Gasteiger partial charge in [-0.3, -0.25) is 19.6 Å². The van der Waals surface area contributed by atoms with E-state index < -0.39 is 0 Å². The fraction of sp³-hybridized carbons (Fsp3) is 1.00. The summed E-state index contributed by atoms with van der Waals surface area (Å²) < 4.78 is 0. The van der Waals surface area contributed by atoms with Gasteiger partial charge in [0, 0.05) is 74.5 Å². The maximum Gasteiger partial charge on any atom is 0.0101 e. The van der Waals surface area contributed by atoms with Crippen LogP contribution in [0.15, 0.2) is 0 Å². The van der Waals surface area contributed by atoms with Crippen LogP contribution in [-0.4, -0.2) is 94.1 Å². The molecule has 0 aromatic carbocycles. The Hall–Kier alpha value is -0.160. The lowest BCUT2D eigenvalue weighted by Crippen LogP contribution is -2.55. The molecule has 0 amide bonds. The standard InChI is InChI=1S/4C13H25N/c4*1-9(2)13-7-12-6-5-11(13)8-14(12)10(3)4/h4*9-13H,5-8H2,1-4H3/t2*11-,12-,13+;2*11-,12-,13-/m1010/s1. The van der Waals surface area contributed by atoms with Gasteiger partial charge in [-0.1, -0.05) is 55.4 Å². The first-order valence-corrected chi connectivity index (χ1v) is 25.4. The molecule has 12 rings (SSSR count). The predicted octanol–water partition coefficient (Wildman–Crippen LogP) is 12.6. The molecule has 12 atom stereocenters. The second-order valence-corrected chi connectivity index (χ2v) is 23.7. The van der Waals surface area contributed by atoms with Crippen LogP contribution < -0.4 is 0 Å². The van der Waals surface area contributed by atoms with E-state index in [-0.39, 0.29) is 0 Å². The van der Waals surface area contributed by atoms with Crippen molar-refractivity contribution in [3.63, 3.8) is 0 Å². The highest BCUT2D eigenvalue weighted by atomic mass is 15.2. The van der Waals surface area contributed by atoms with Gasteiger partial charge in [0.25, 0.3) is 0 Å². The van der Waals surface area contributed by atoms with Gasteiger partial charge in [-0.05, 0) is 203 Å². The number of hydrogen-bond acceptors (Lipinski definition) is 4. The quantitative estimate of drug-likeness (QED) is 0.243. The highest BCUT2D eigenvalue weighted by Crippen LogP contribution is 2.46. The van der Waals surface area contributed by atoms with Crippen molar-refractivity contribution in [2.75, 3.05) is 26.2 Å². The Morgan fingerprint density at radius 3 is 0.554 bits per heavy atom. The topological polar surface area (TPSA) is 13.0 Å². The van der Waals surface area contributed by atoms with Crippen molar-refractivity contribution in [3.8, 4) is 0 Å². The van der Waals surface area contributed by atoms with E-state index in [1.807, 2.05) is 0 Å². The van der Waals surface area contributed by atoms with Crippen molar-refractivity contribution in [1.82, 2.24) is 19.6 Å². The lowest BCUT2D eigenvalue weighted by Gasteiger charge is -2.52. The fourth-order valence-electron chi connectivity index (χ4n) is 14.6. The van der Waals surface area contributed by atoms with E-state index in [9.17, 15) is 0 Å². The zero-order chi connectivity index (χ0) is 41.2. The Morgan fingerprint density at radius 2 is 0.446 bits per heavy atom. The molecule has 4 aliphatic carbocycles. The van der Waals surface area contributed by atoms with E-state index in [0.29, 0.717) is 0 Å². The molecule has 8 heterocycles. The van der Waals surface area contributed by atoms with Crippen molar-refractivity contribution in [2.45, 2.75) is 236 Å². The molecule has 0 N–H and O–H groups in total. The van der Waals surface area contributed by atoms with Crippen LogP contribution >= 0.6 is 0 Å². The van der Waals surface area contributed by atoms with Crippen molar-refractivity contribution >= 4 is 0 Å². The molecule has 12 fully saturated rings. The number of fused-ring (bicyclic) bond motifs is 12. The van der Waals surface area contributed by atoms with E-state index in [1.54, 1.807) is 0 Å². The summed E-state index contributed by atoms with van der Waals surface area (Å²) in [5.41, 5.74) is 0. The molecule has 4 saturated carbocycles. The van der Waals surface area contributed by atoms with Crippen LogP contribution in [0.25, 0.3) is 0 Å². The molecule has 4 nitrogen and oxygen atoms in total. The summed E-state index contributed by atoms with van der Waals surface area (Å²) in [7, 11) is 0. The Balaban J connectivity index is 0.000000143. The SMILES string of the molecule is CC(C)[C@@H]1C[C@@H]2CC[C@H]1CN2C(C)C.CC(C)[C@@H]1C[C@H]2CC[C@@H]1CN2C(C)C.CC(C)[C@H]1C[C@@H]2CC[C@H]1CN2C(C)C.CC(C)[C@H]1C[C@H]2CC[C@@H]1CN2C(C)C. The average Bonchev–Trinajstić information content (AvgIpc) is 3.18. The summed E-state index contributed by atoms with van der Waals surface area (Å²) >= 11 is 0. The minimum Gasteiger partial charge on any atom is -0.298 e. The van der Waals surface area contributed by atoms with Gasteiger partial charge in [0.15, 0.2) is 0 Å². The highest BCUT2D eigenvalue weighted by molar-refractivity contribution is 4.98. The molecular weight excluding hydrogens is 681 g/mol. The number of rotatable bonds is 8. The molecule has 8 saturated heterocycles. The van der Waals surface area contributed by atoms with Gasteiger partial charge in [0.1, 0.15) is 0 Å². The van der Waals surface area contributed by atoms with Crippen LogP contribution in [0.2, 0.25) is 0 Å². The zero-order valence-corrected chi connectivity index (χ0v) is 40.6. The van der Waals surface area contributed by atoms with Crippen LogP contribution in [0.3, 0.4) is 0 Å². The zero-order valence-electron chi connectivity index (χ0n) is 40.6. The van der Waals surface area contributed by atoms with Crippen LogP contribution in [0.4, 0.5) is 0 Å². The largest absolute Gasteiger partial charge is 0.298 e. The monoisotopic (exact) mass is 781 g/mol. The molecule has 0 aromatic rings. The third kappa shape index (κ3) is 11.2. The summed E-state index contributed by atoms with van der Waals surface area (Å²) in [4.78, 5) is 11.0. The van der Waals surface area contributed by atoms with Crippen LogP contribution in [0.5, 0.6) is 0 Å². The number of hydrogen-bond donors (Lipinski definition) is 0. The molecule has 0 radical (unpaired) electrons. The van der Waals surface area contributed by atoms with Crippen LogP contribution in [0.1, 0.15) is 188 Å². The second kappa shape index (κ2) is 20.6. The van der Waals surface area contributed by atoms with E-state index in [1.165, 1.54) is 103 Å². The minimum absolute atomic E-state index is 0.760. The molecule has 0 spiro atoms. The smallest absolute Gasteiger partial charge is 0.0101 e. The highest BCUT2D eigenvalue weighted by Gasteiger charge is 2.45. The Labute approximate surface area is 351 Å². The van der Waals surface area contributed by atoms with Gasteiger partial charge >= 0.3 is 0 Å². The first-order valence-electron chi connectivity index (χ1n) is 25.4. The van der Waals surface area contributed by atoms with Crippen LogP contribution in [0, 0.1) is 71.0 Å². The Kier molecular flexibility index (Phi) is 17.3. The average molecular weight is 781 g/mol. The number of nitrogens with zero attached hydrogens (tertiary/aromatic N) is 4.